The maximum Gasteiger partial charge on any atom is 0.335 e. The number of hydrogen-bond donors (Lipinski definition) is 2. The lowest BCUT2D eigenvalue weighted by molar-refractivity contribution is 0.0181. The molecule has 0 aromatic heterocycles. The van der Waals surface area contributed by atoms with Gasteiger partial charge in [-0.1, -0.05) is 0 Å². The van der Waals surface area contributed by atoms with Crippen LogP contribution in [0, 0.1) is 0 Å². The van der Waals surface area contributed by atoms with Crippen LogP contribution in [0.4, 0.5) is 10.5 Å². The minimum Gasteiger partial charge on any atom is -0.478 e. The number of carbonyl (C=O) groups excluding carboxylic acids is 1. The summed E-state index contributed by atoms with van der Waals surface area (Å²) in [6.45, 7) is 3.90. The molecule has 2 N–H and O–H groups in total. The summed E-state index contributed by atoms with van der Waals surface area (Å²) in [5.41, 5.74) is 0.783. The smallest absolute Gasteiger partial charge is 0.335 e. The van der Waals surface area contributed by atoms with Crippen molar-refractivity contribution in [2.75, 3.05) is 25.0 Å². The fraction of sp³-hybridized carbons (Fsp3) is 0.467. The summed E-state index contributed by atoms with van der Waals surface area (Å²) in [6, 6.07) is 5.94. The van der Waals surface area contributed by atoms with E-state index in [-0.39, 0.29) is 17.7 Å². The van der Waals surface area contributed by atoms with Crippen LogP contribution in [0.25, 0.3) is 0 Å². The average molecular weight is 292 g/mol. The second kappa shape index (κ2) is 7.08. The first-order chi connectivity index (χ1) is 10.1. The summed E-state index contributed by atoms with van der Waals surface area (Å²) in [4.78, 5) is 24.7. The molecule has 1 aromatic rings. The van der Waals surface area contributed by atoms with E-state index in [0.717, 1.165) is 12.8 Å². The van der Waals surface area contributed by atoms with Gasteiger partial charge in [-0.3, -0.25) is 0 Å². The molecule has 0 bridgehead atoms. The number of amides is 2. The SMILES string of the molecule is CCOC1CCCN(C(=O)Nc2ccc(C(=O)O)cc2)C1. The number of carbonyl (C=O) groups is 2. The highest BCUT2D eigenvalue weighted by Crippen LogP contribution is 2.16. The molecule has 0 spiro atoms. The zero-order valence-corrected chi connectivity index (χ0v) is 12.0. The molecule has 0 radical (unpaired) electrons. The molecular weight excluding hydrogens is 272 g/mol. The van der Waals surface area contributed by atoms with Gasteiger partial charge in [0.05, 0.1) is 11.7 Å². The second-order valence-corrected chi connectivity index (χ2v) is 4.98. The van der Waals surface area contributed by atoms with Crippen molar-refractivity contribution in [3.05, 3.63) is 29.8 Å². The Morgan fingerprint density at radius 2 is 2.10 bits per heavy atom. The van der Waals surface area contributed by atoms with Crippen LogP contribution in [0.3, 0.4) is 0 Å². The van der Waals surface area contributed by atoms with Gasteiger partial charge in [0.2, 0.25) is 0 Å². The number of likely N-dealkylation sites (tertiary alicyclic amines) is 1. The Kier molecular flexibility index (Phi) is 5.16. The van der Waals surface area contributed by atoms with E-state index in [4.69, 9.17) is 9.84 Å². The lowest BCUT2D eigenvalue weighted by atomic mass is 10.1. The van der Waals surface area contributed by atoms with Crippen LogP contribution in [0.1, 0.15) is 30.1 Å². The molecule has 2 rings (SSSR count). The molecule has 21 heavy (non-hydrogen) atoms. The largest absolute Gasteiger partial charge is 0.478 e. The summed E-state index contributed by atoms with van der Waals surface area (Å²) in [7, 11) is 0. The van der Waals surface area contributed by atoms with Crippen molar-refractivity contribution < 1.29 is 19.4 Å². The molecule has 1 atom stereocenters. The molecular formula is C15H20N2O4. The van der Waals surface area contributed by atoms with Gasteiger partial charge in [-0.25, -0.2) is 9.59 Å². The fourth-order valence-electron chi connectivity index (χ4n) is 2.39. The highest BCUT2D eigenvalue weighted by molar-refractivity contribution is 5.91. The number of ether oxygens (including phenoxy) is 1. The zero-order valence-electron chi connectivity index (χ0n) is 12.0. The number of urea groups is 1. The molecule has 6 heteroatoms. The number of carboxylic acids is 1. The number of nitrogens with one attached hydrogen (secondary N) is 1. The van der Waals surface area contributed by atoms with Gasteiger partial charge >= 0.3 is 12.0 Å². The minimum absolute atomic E-state index is 0.101. The first-order valence-corrected chi connectivity index (χ1v) is 7.11. The highest BCUT2D eigenvalue weighted by Gasteiger charge is 2.23. The molecule has 0 aliphatic carbocycles. The van der Waals surface area contributed by atoms with Crippen molar-refractivity contribution in [3.8, 4) is 0 Å². The Bertz CT molecular complexity index is 499. The fourth-order valence-corrected chi connectivity index (χ4v) is 2.39. The van der Waals surface area contributed by atoms with E-state index in [1.54, 1.807) is 17.0 Å². The van der Waals surface area contributed by atoms with Crippen LogP contribution < -0.4 is 5.32 Å². The van der Waals surface area contributed by atoms with Crippen LogP contribution in [0.2, 0.25) is 0 Å². The number of benzene rings is 1. The van der Waals surface area contributed by atoms with E-state index in [1.165, 1.54) is 12.1 Å². The Balaban J connectivity index is 1.92. The van der Waals surface area contributed by atoms with E-state index in [1.807, 2.05) is 6.92 Å². The molecule has 1 aliphatic rings. The van der Waals surface area contributed by atoms with Crippen molar-refractivity contribution >= 4 is 17.7 Å². The first kappa shape index (κ1) is 15.3. The summed E-state index contributed by atoms with van der Waals surface area (Å²) in [6.07, 6.45) is 2.00. The Labute approximate surface area is 123 Å². The van der Waals surface area contributed by atoms with Gasteiger partial charge in [-0.2, -0.15) is 0 Å². The van der Waals surface area contributed by atoms with Gasteiger partial charge in [0.25, 0.3) is 0 Å². The average Bonchev–Trinajstić information content (AvgIpc) is 2.48. The highest BCUT2D eigenvalue weighted by atomic mass is 16.5. The van der Waals surface area contributed by atoms with Gasteiger partial charge in [0.1, 0.15) is 0 Å². The molecule has 0 saturated carbocycles. The number of hydrogen-bond acceptors (Lipinski definition) is 3. The van der Waals surface area contributed by atoms with Gasteiger partial charge in [-0.05, 0) is 44.0 Å². The first-order valence-electron chi connectivity index (χ1n) is 7.11. The van der Waals surface area contributed by atoms with Gasteiger partial charge in [0, 0.05) is 25.4 Å². The number of rotatable bonds is 4. The number of aromatic carboxylic acids is 1. The number of carboxylic acid groups (broad SMARTS) is 1. The predicted molar refractivity (Wildman–Crippen MR) is 78.6 cm³/mol. The number of anilines is 1. The standard InChI is InChI=1S/C15H20N2O4/c1-2-21-13-4-3-9-17(10-13)15(20)16-12-7-5-11(6-8-12)14(18)19/h5-8,13H,2-4,9-10H2,1H3,(H,16,20)(H,18,19). The minimum atomic E-state index is -0.983. The summed E-state index contributed by atoms with van der Waals surface area (Å²) >= 11 is 0. The van der Waals surface area contributed by atoms with Crippen LogP contribution in [-0.2, 0) is 4.74 Å². The molecule has 1 unspecified atom stereocenters. The van der Waals surface area contributed by atoms with Crippen LogP contribution >= 0.6 is 0 Å². The maximum absolute atomic E-state index is 12.2. The number of piperidine rings is 1. The normalized spacial score (nSPS) is 18.3. The van der Waals surface area contributed by atoms with Crippen molar-refractivity contribution in [2.45, 2.75) is 25.9 Å². The summed E-state index contributed by atoms with van der Waals surface area (Å²) in [5.74, 6) is -0.983. The second-order valence-electron chi connectivity index (χ2n) is 4.98. The molecule has 2 amide bonds. The van der Waals surface area contributed by atoms with E-state index in [9.17, 15) is 9.59 Å². The summed E-state index contributed by atoms with van der Waals surface area (Å²) < 4.78 is 5.57. The predicted octanol–water partition coefficient (Wildman–Crippen LogP) is 2.42. The van der Waals surface area contributed by atoms with Crippen molar-refractivity contribution in [2.24, 2.45) is 0 Å². The third-order valence-corrected chi connectivity index (χ3v) is 3.45. The summed E-state index contributed by atoms with van der Waals surface area (Å²) in [5, 5.41) is 11.6. The van der Waals surface area contributed by atoms with Crippen LogP contribution in [-0.4, -0.2) is 47.8 Å². The monoisotopic (exact) mass is 292 g/mol. The zero-order chi connectivity index (χ0) is 15.2. The third kappa shape index (κ3) is 4.19. The quantitative estimate of drug-likeness (QED) is 0.893. The van der Waals surface area contributed by atoms with Crippen LogP contribution in [0.5, 0.6) is 0 Å². The Morgan fingerprint density at radius 1 is 1.38 bits per heavy atom. The maximum atomic E-state index is 12.2. The van der Waals surface area contributed by atoms with Gasteiger partial charge in [0.15, 0.2) is 0 Å². The van der Waals surface area contributed by atoms with Crippen LogP contribution in [0.15, 0.2) is 24.3 Å². The molecule has 1 fully saturated rings. The molecule has 1 aliphatic heterocycles. The van der Waals surface area contributed by atoms with Crippen molar-refractivity contribution in [1.29, 1.82) is 0 Å². The lowest BCUT2D eigenvalue weighted by Gasteiger charge is -2.32. The Morgan fingerprint density at radius 3 is 2.71 bits per heavy atom. The van der Waals surface area contributed by atoms with E-state index >= 15 is 0 Å². The molecule has 6 nitrogen and oxygen atoms in total. The van der Waals surface area contributed by atoms with E-state index in [2.05, 4.69) is 5.32 Å². The van der Waals surface area contributed by atoms with Crippen molar-refractivity contribution in [1.82, 2.24) is 4.90 Å². The molecule has 114 valence electrons. The molecule has 1 heterocycles. The number of nitrogens with zero attached hydrogens (tertiary/aromatic N) is 1. The van der Waals surface area contributed by atoms with E-state index in [0.29, 0.717) is 25.4 Å². The lowest BCUT2D eigenvalue weighted by Crippen LogP contribution is -2.45. The molecule has 1 aromatic carbocycles. The Hall–Kier alpha value is -2.08. The van der Waals surface area contributed by atoms with E-state index < -0.39 is 5.97 Å². The topological polar surface area (TPSA) is 78.9 Å². The molecule has 1 saturated heterocycles. The van der Waals surface area contributed by atoms with Crippen molar-refractivity contribution in [3.63, 3.8) is 0 Å². The van der Waals surface area contributed by atoms with Gasteiger partial charge in [-0.15, -0.1) is 0 Å². The van der Waals surface area contributed by atoms with Gasteiger partial charge < -0.3 is 20.1 Å². The third-order valence-electron chi connectivity index (χ3n) is 3.45.